The number of aryl methyl sites for hydroxylation is 1. The lowest BCUT2D eigenvalue weighted by atomic mass is 10.1. The zero-order valence-corrected chi connectivity index (χ0v) is 11.5. The number of benzene rings is 1. The van der Waals surface area contributed by atoms with E-state index in [1.807, 2.05) is 42.6 Å². The highest BCUT2D eigenvalue weighted by Gasteiger charge is 2.14. The molecule has 1 unspecified atom stereocenters. The van der Waals surface area contributed by atoms with Crippen LogP contribution in [0.3, 0.4) is 0 Å². The number of ether oxygens (including phenoxy) is 1. The second kappa shape index (κ2) is 6.03. The lowest BCUT2D eigenvalue weighted by molar-refractivity contribution is 0.222. The van der Waals surface area contributed by atoms with Gasteiger partial charge in [0.25, 0.3) is 0 Å². The van der Waals surface area contributed by atoms with E-state index in [2.05, 4.69) is 6.92 Å². The summed E-state index contributed by atoms with van der Waals surface area (Å²) < 4.78 is 5.59. The van der Waals surface area contributed by atoms with Crippen LogP contribution in [0.4, 0.5) is 0 Å². The molecule has 96 valence electrons. The van der Waals surface area contributed by atoms with E-state index in [1.54, 1.807) is 11.3 Å². The smallest absolute Gasteiger partial charge is 0.119 e. The summed E-state index contributed by atoms with van der Waals surface area (Å²) in [5, 5.41) is 12.4. The average molecular weight is 262 g/mol. The van der Waals surface area contributed by atoms with Crippen LogP contribution < -0.4 is 4.74 Å². The van der Waals surface area contributed by atoms with Crippen molar-refractivity contribution in [3.8, 4) is 5.75 Å². The first-order chi connectivity index (χ1) is 8.72. The van der Waals surface area contributed by atoms with Gasteiger partial charge in [-0.15, -0.1) is 11.3 Å². The maximum Gasteiger partial charge on any atom is 0.119 e. The topological polar surface area (TPSA) is 29.5 Å². The van der Waals surface area contributed by atoms with Crippen molar-refractivity contribution in [2.45, 2.75) is 26.4 Å². The van der Waals surface area contributed by atoms with Crippen LogP contribution in [-0.2, 0) is 0 Å². The van der Waals surface area contributed by atoms with Crippen LogP contribution in [0.5, 0.6) is 5.75 Å². The Morgan fingerprint density at radius 2 is 2.17 bits per heavy atom. The third kappa shape index (κ3) is 2.92. The van der Waals surface area contributed by atoms with Gasteiger partial charge in [0.1, 0.15) is 11.9 Å². The number of hydrogen-bond acceptors (Lipinski definition) is 3. The average Bonchev–Trinajstić information content (AvgIpc) is 2.82. The van der Waals surface area contributed by atoms with Crippen molar-refractivity contribution in [3.63, 3.8) is 0 Å². The summed E-state index contributed by atoms with van der Waals surface area (Å²) in [6.45, 7) is 4.80. The normalized spacial score (nSPS) is 12.4. The molecule has 1 heterocycles. The molecule has 0 bridgehead atoms. The van der Waals surface area contributed by atoms with Crippen LogP contribution in [0.2, 0.25) is 0 Å². The highest BCUT2D eigenvalue weighted by molar-refractivity contribution is 7.10. The molecule has 0 saturated heterocycles. The number of hydrogen-bond donors (Lipinski definition) is 1. The van der Waals surface area contributed by atoms with Gasteiger partial charge < -0.3 is 9.84 Å². The quantitative estimate of drug-likeness (QED) is 0.884. The van der Waals surface area contributed by atoms with Gasteiger partial charge in [0.2, 0.25) is 0 Å². The molecule has 3 heteroatoms. The minimum Gasteiger partial charge on any atom is -0.494 e. The Kier molecular flexibility index (Phi) is 4.39. The van der Waals surface area contributed by atoms with E-state index in [4.69, 9.17) is 4.74 Å². The minimum absolute atomic E-state index is 0.560. The Bertz CT molecular complexity index is 505. The maximum atomic E-state index is 10.4. The van der Waals surface area contributed by atoms with Crippen molar-refractivity contribution in [1.82, 2.24) is 0 Å². The van der Waals surface area contributed by atoms with Gasteiger partial charge in [-0.3, -0.25) is 0 Å². The van der Waals surface area contributed by atoms with E-state index in [-0.39, 0.29) is 0 Å². The van der Waals surface area contributed by atoms with E-state index in [1.165, 1.54) is 0 Å². The third-order valence-electron chi connectivity index (χ3n) is 2.80. The Morgan fingerprint density at radius 3 is 2.83 bits per heavy atom. The largest absolute Gasteiger partial charge is 0.494 e. The maximum absolute atomic E-state index is 10.4. The monoisotopic (exact) mass is 262 g/mol. The Hall–Kier alpha value is -1.32. The fourth-order valence-electron chi connectivity index (χ4n) is 1.81. The van der Waals surface area contributed by atoms with Crippen LogP contribution in [-0.4, -0.2) is 11.7 Å². The lowest BCUT2D eigenvalue weighted by Gasteiger charge is -2.12. The van der Waals surface area contributed by atoms with Crippen LogP contribution in [0.15, 0.2) is 35.7 Å². The van der Waals surface area contributed by atoms with Crippen LogP contribution in [0.25, 0.3) is 0 Å². The standard InChI is InChI=1S/C15H18O2S/c1-3-8-17-13-6-4-5-12(10-13)14(16)15-11(2)7-9-18-15/h4-7,9-10,14,16H,3,8H2,1-2H3. The molecule has 0 spiro atoms. The van der Waals surface area contributed by atoms with Gasteiger partial charge in [-0.2, -0.15) is 0 Å². The highest BCUT2D eigenvalue weighted by Crippen LogP contribution is 2.30. The van der Waals surface area contributed by atoms with Gasteiger partial charge in [-0.1, -0.05) is 19.1 Å². The van der Waals surface area contributed by atoms with Crippen LogP contribution in [0.1, 0.15) is 35.5 Å². The predicted molar refractivity (Wildman–Crippen MR) is 75.3 cm³/mol. The second-order valence-electron chi connectivity index (χ2n) is 4.29. The first-order valence-electron chi connectivity index (χ1n) is 6.17. The summed E-state index contributed by atoms with van der Waals surface area (Å²) in [4.78, 5) is 1.00. The molecule has 0 saturated carbocycles. The number of rotatable bonds is 5. The van der Waals surface area contributed by atoms with Crippen molar-refractivity contribution < 1.29 is 9.84 Å². The molecule has 1 aromatic heterocycles. The van der Waals surface area contributed by atoms with Gasteiger partial charge in [0.05, 0.1) is 6.61 Å². The Balaban J connectivity index is 2.20. The van der Waals surface area contributed by atoms with E-state index < -0.39 is 6.10 Å². The van der Waals surface area contributed by atoms with Gasteiger partial charge in [-0.25, -0.2) is 0 Å². The second-order valence-corrected chi connectivity index (χ2v) is 5.24. The molecule has 2 rings (SSSR count). The summed E-state index contributed by atoms with van der Waals surface area (Å²) in [5.41, 5.74) is 2.02. The van der Waals surface area contributed by atoms with Crippen molar-refractivity contribution in [2.24, 2.45) is 0 Å². The first kappa shape index (κ1) is 13.1. The van der Waals surface area contributed by atoms with E-state index in [0.717, 1.165) is 28.2 Å². The zero-order valence-electron chi connectivity index (χ0n) is 10.7. The number of aliphatic hydroxyl groups is 1. The molecule has 18 heavy (non-hydrogen) atoms. The molecule has 2 aromatic rings. The van der Waals surface area contributed by atoms with Crippen molar-refractivity contribution in [2.75, 3.05) is 6.61 Å². The molecular weight excluding hydrogens is 244 g/mol. The zero-order chi connectivity index (χ0) is 13.0. The molecular formula is C15H18O2S. The highest BCUT2D eigenvalue weighted by atomic mass is 32.1. The molecule has 0 fully saturated rings. The summed E-state index contributed by atoms with van der Waals surface area (Å²) in [5.74, 6) is 0.822. The molecule has 1 N–H and O–H groups in total. The summed E-state index contributed by atoms with van der Waals surface area (Å²) >= 11 is 1.59. The number of aliphatic hydroxyl groups excluding tert-OH is 1. The fraction of sp³-hybridized carbons (Fsp3) is 0.333. The van der Waals surface area contributed by atoms with Crippen molar-refractivity contribution in [3.05, 3.63) is 51.7 Å². The fourth-order valence-corrected chi connectivity index (χ4v) is 2.75. The van der Waals surface area contributed by atoms with Crippen LogP contribution >= 0.6 is 11.3 Å². The van der Waals surface area contributed by atoms with E-state index in [9.17, 15) is 5.11 Å². The number of thiophene rings is 1. The van der Waals surface area contributed by atoms with E-state index >= 15 is 0 Å². The molecule has 2 nitrogen and oxygen atoms in total. The van der Waals surface area contributed by atoms with E-state index in [0.29, 0.717) is 6.61 Å². The van der Waals surface area contributed by atoms with Gasteiger partial charge >= 0.3 is 0 Å². The predicted octanol–water partition coefficient (Wildman–Crippen LogP) is 3.93. The van der Waals surface area contributed by atoms with Gasteiger partial charge in [0.15, 0.2) is 0 Å². The minimum atomic E-state index is -0.560. The Labute approximate surface area is 112 Å². The molecule has 0 aliphatic rings. The molecule has 0 radical (unpaired) electrons. The summed E-state index contributed by atoms with van der Waals surface area (Å²) in [7, 11) is 0. The van der Waals surface area contributed by atoms with Crippen molar-refractivity contribution in [1.29, 1.82) is 0 Å². The molecule has 1 aromatic carbocycles. The third-order valence-corrected chi connectivity index (χ3v) is 3.87. The molecule has 0 amide bonds. The molecule has 0 aliphatic carbocycles. The first-order valence-corrected chi connectivity index (χ1v) is 7.05. The molecule has 0 aliphatic heterocycles. The van der Waals surface area contributed by atoms with Gasteiger partial charge in [0, 0.05) is 4.88 Å². The Morgan fingerprint density at radius 1 is 1.33 bits per heavy atom. The van der Waals surface area contributed by atoms with Gasteiger partial charge in [-0.05, 0) is 48.1 Å². The summed E-state index contributed by atoms with van der Waals surface area (Å²) in [6.07, 6.45) is 0.423. The van der Waals surface area contributed by atoms with Crippen molar-refractivity contribution >= 4 is 11.3 Å². The summed E-state index contributed by atoms with van der Waals surface area (Å²) in [6, 6.07) is 9.72. The van der Waals surface area contributed by atoms with Crippen LogP contribution in [0, 0.1) is 6.92 Å². The lowest BCUT2D eigenvalue weighted by Crippen LogP contribution is -2.00. The SMILES string of the molecule is CCCOc1cccc(C(O)c2sccc2C)c1. The molecule has 1 atom stereocenters.